The summed E-state index contributed by atoms with van der Waals surface area (Å²) in [7, 11) is 0. The highest BCUT2D eigenvalue weighted by molar-refractivity contribution is 7.99. The molecule has 0 atom stereocenters. The van der Waals surface area contributed by atoms with Gasteiger partial charge in [-0.25, -0.2) is 4.79 Å². The number of rotatable bonds is 6. The second kappa shape index (κ2) is 7.41. The van der Waals surface area contributed by atoms with E-state index in [1.165, 1.54) is 24.3 Å². The van der Waals surface area contributed by atoms with E-state index < -0.39 is 5.97 Å². The van der Waals surface area contributed by atoms with Gasteiger partial charge in [-0.15, -0.1) is 18.2 Å². The van der Waals surface area contributed by atoms with Gasteiger partial charge in [0.2, 0.25) is 0 Å². The maximum absolute atomic E-state index is 11.7. The summed E-state index contributed by atoms with van der Waals surface area (Å²) in [5, 5.41) is 11.4. The minimum absolute atomic E-state index is 0.163. The van der Waals surface area contributed by atoms with Crippen LogP contribution in [0.25, 0.3) is 0 Å². The Morgan fingerprint density at radius 2 is 1.89 bits per heavy atom. The number of thioether (sulfide) groups is 1. The Morgan fingerprint density at radius 1 is 1.28 bits per heavy atom. The summed E-state index contributed by atoms with van der Waals surface area (Å²) in [6.07, 6.45) is 5.09. The van der Waals surface area contributed by atoms with Crippen molar-refractivity contribution in [3.63, 3.8) is 0 Å². The molecule has 0 aliphatic heterocycles. The van der Waals surface area contributed by atoms with Crippen molar-refractivity contribution >= 4 is 23.6 Å². The summed E-state index contributed by atoms with van der Waals surface area (Å²) >= 11 is 1.57. The number of carbonyl (C=O) groups excluding carboxylic acids is 1. The second-order valence-electron chi connectivity index (χ2n) is 3.40. The number of carboxylic acid groups (broad SMARTS) is 1. The fourth-order valence-corrected chi connectivity index (χ4v) is 1.74. The SMILES string of the molecule is C#CCSCCNC(=O)c1ccc(C(=O)O)cc1. The zero-order valence-electron chi connectivity index (χ0n) is 9.68. The highest BCUT2D eigenvalue weighted by atomic mass is 32.2. The predicted octanol–water partition coefficient (Wildman–Crippen LogP) is 1.48. The van der Waals surface area contributed by atoms with Crippen LogP contribution in [0.2, 0.25) is 0 Å². The van der Waals surface area contributed by atoms with Gasteiger partial charge < -0.3 is 10.4 Å². The van der Waals surface area contributed by atoms with Gasteiger partial charge in [0.25, 0.3) is 5.91 Å². The van der Waals surface area contributed by atoms with Gasteiger partial charge in [0.15, 0.2) is 0 Å². The first-order valence-corrected chi connectivity index (χ1v) is 6.43. The fraction of sp³-hybridized carbons (Fsp3) is 0.231. The lowest BCUT2D eigenvalue weighted by molar-refractivity contribution is 0.0696. The van der Waals surface area contributed by atoms with E-state index in [2.05, 4.69) is 11.2 Å². The standard InChI is InChI=1S/C13H13NO3S/c1-2-8-18-9-7-14-12(15)10-3-5-11(6-4-10)13(16)17/h1,3-6H,7-9H2,(H,14,15)(H,16,17). The molecule has 1 rings (SSSR count). The zero-order valence-corrected chi connectivity index (χ0v) is 10.5. The van der Waals surface area contributed by atoms with Crippen molar-refractivity contribution in [3.05, 3.63) is 35.4 Å². The Hall–Kier alpha value is -1.93. The van der Waals surface area contributed by atoms with E-state index in [0.29, 0.717) is 17.9 Å². The van der Waals surface area contributed by atoms with Gasteiger partial charge in [-0.1, -0.05) is 5.92 Å². The molecule has 0 spiro atoms. The Kier molecular flexibility index (Phi) is 5.81. The number of hydrogen-bond donors (Lipinski definition) is 2. The normalized spacial score (nSPS) is 9.50. The molecule has 18 heavy (non-hydrogen) atoms. The molecular formula is C13H13NO3S. The molecule has 0 aliphatic rings. The van der Waals surface area contributed by atoms with Gasteiger partial charge in [0, 0.05) is 17.9 Å². The molecule has 4 nitrogen and oxygen atoms in total. The highest BCUT2D eigenvalue weighted by Crippen LogP contribution is 2.04. The predicted molar refractivity (Wildman–Crippen MR) is 71.9 cm³/mol. The van der Waals surface area contributed by atoms with Gasteiger partial charge in [-0.05, 0) is 24.3 Å². The lowest BCUT2D eigenvalue weighted by atomic mass is 10.1. The summed E-state index contributed by atoms with van der Waals surface area (Å²) in [5.41, 5.74) is 0.609. The van der Waals surface area contributed by atoms with E-state index in [0.717, 1.165) is 5.75 Å². The first kappa shape index (κ1) is 14.1. The molecule has 1 aromatic carbocycles. The molecule has 0 fully saturated rings. The topological polar surface area (TPSA) is 66.4 Å². The zero-order chi connectivity index (χ0) is 13.4. The van der Waals surface area contributed by atoms with Crippen molar-refractivity contribution in [3.8, 4) is 12.3 Å². The smallest absolute Gasteiger partial charge is 0.335 e. The van der Waals surface area contributed by atoms with Gasteiger partial charge >= 0.3 is 5.97 Å². The van der Waals surface area contributed by atoms with Crippen LogP contribution in [0.5, 0.6) is 0 Å². The van der Waals surface area contributed by atoms with Crippen LogP contribution in [0.3, 0.4) is 0 Å². The molecule has 0 heterocycles. The second-order valence-corrected chi connectivity index (χ2v) is 4.50. The van der Waals surface area contributed by atoms with Gasteiger partial charge in [0.1, 0.15) is 0 Å². The summed E-state index contributed by atoms with van der Waals surface area (Å²) in [6, 6.07) is 5.80. The van der Waals surface area contributed by atoms with E-state index in [4.69, 9.17) is 11.5 Å². The Labute approximate surface area is 110 Å². The summed E-state index contributed by atoms with van der Waals surface area (Å²) in [6.45, 7) is 0.534. The molecule has 1 aromatic rings. The van der Waals surface area contributed by atoms with Crippen LogP contribution in [-0.2, 0) is 0 Å². The lowest BCUT2D eigenvalue weighted by Crippen LogP contribution is -2.25. The molecule has 0 aromatic heterocycles. The molecular weight excluding hydrogens is 250 g/mol. The van der Waals surface area contributed by atoms with Gasteiger partial charge in [-0.2, -0.15) is 0 Å². The minimum Gasteiger partial charge on any atom is -0.478 e. The number of hydrogen-bond acceptors (Lipinski definition) is 3. The maximum atomic E-state index is 11.7. The van der Waals surface area contributed by atoms with Crippen LogP contribution in [0.15, 0.2) is 24.3 Å². The third-order valence-electron chi connectivity index (χ3n) is 2.11. The molecule has 0 saturated carbocycles. The van der Waals surface area contributed by atoms with Crippen molar-refractivity contribution in [2.45, 2.75) is 0 Å². The lowest BCUT2D eigenvalue weighted by Gasteiger charge is -2.04. The number of nitrogens with one attached hydrogen (secondary N) is 1. The van der Waals surface area contributed by atoms with E-state index >= 15 is 0 Å². The summed E-state index contributed by atoms with van der Waals surface area (Å²) < 4.78 is 0. The number of carboxylic acids is 1. The fourth-order valence-electron chi connectivity index (χ4n) is 1.23. The molecule has 0 unspecified atom stereocenters. The molecule has 0 bridgehead atoms. The first-order valence-electron chi connectivity index (χ1n) is 5.28. The number of amides is 1. The molecule has 1 amide bonds. The first-order chi connectivity index (χ1) is 8.65. The monoisotopic (exact) mass is 263 g/mol. The molecule has 2 N–H and O–H groups in total. The number of terminal acetylenes is 1. The Bertz CT molecular complexity index is 462. The van der Waals surface area contributed by atoms with Crippen LogP contribution in [0, 0.1) is 12.3 Å². The maximum Gasteiger partial charge on any atom is 0.335 e. The summed E-state index contributed by atoms with van der Waals surface area (Å²) in [4.78, 5) is 22.3. The van der Waals surface area contributed by atoms with E-state index in [1.54, 1.807) is 11.8 Å². The van der Waals surface area contributed by atoms with E-state index in [1.807, 2.05) is 0 Å². The van der Waals surface area contributed by atoms with Crippen LogP contribution in [-0.4, -0.2) is 35.0 Å². The van der Waals surface area contributed by atoms with Crippen LogP contribution < -0.4 is 5.32 Å². The van der Waals surface area contributed by atoms with Crippen molar-refractivity contribution in [2.75, 3.05) is 18.1 Å². The van der Waals surface area contributed by atoms with Gasteiger partial charge in [0.05, 0.1) is 11.3 Å². The Balaban J connectivity index is 2.42. The minimum atomic E-state index is -1.01. The van der Waals surface area contributed by atoms with Crippen molar-refractivity contribution in [1.29, 1.82) is 0 Å². The van der Waals surface area contributed by atoms with Crippen molar-refractivity contribution < 1.29 is 14.7 Å². The van der Waals surface area contributed by atoms with Crippen molar-refractivity contribution in [1.82, 2.24) is 5.32 Å². The average molecular weight is 263 g/mol. The number of aromatic carboxylic acids is 1. The highest BCUT2D eigenvalue weighted by Gasteiger charge is 2.06. The molecule has 0 radical (unpaired) electrons. The third-order valence-corrected chi connectivity index (χ3v) is 2.97. The van der Waals surface area contributed by atoms with E-state index in [-0.39, 0.29) is 11.5 Å². The Morgan fingerprint density at radius 3 is 2.44 bits per heavy atom. The van der Waals surface area contributed by atoms with Crippen LogP contribution in [0.4, 0.5) is 0 Å². The molecule has 0 saturated heterocycles. The third kappa shape index (κ3) is 4.52. The van der Waals surface area contributed by atoms with Crippen molar-refractivity contribution in [2.24, 2.45) is 0 Å². The summed E-state index contributed by atoms with van der Waals surface area (Å²) in [5.74, 6) is 2.66. The average Bonchev–Trinajstić information content (AvgIpc) is 2.38. The number of benzene rings is 1. The van der Waals surface area contributed by atoms with Crippen LogP contribution >= 0.6 is 11.8 Å². The molecule has 94 valence electrons. The van der Waals surface area contributed by atoms with Gasteiger partial charge in [-0.3, -0.25) is 4.79 Å². The molecule has 5 heteroatoms. The van der Waals surface area contributed by atoms with E-state index in [9.17, 15) is 9.59 Å². The number of carbonyl (C=O) groups is 2. The van der Waals surface area contributed by atoms with Crippen LogP contribution in [0.1, 0.15) is 20.7 Å². The quantitative estimate of drug-likeness (QED) is 0.602. The largest absolute Gasteiger partial charge is 0.478 e. The molecule has 0 aliphatic carbocycles.